The first-order chi connectivity index (χ1) is 10.8. The molecule has 0 aliphatic rings. The monoisotopic (exact) mass is 321 g/mol. The van der Waals surface area contributed by atoms with Crippen LogP contribution in [0.25, 0.3) is 6.08 Å². The van der Waals surface area contributed by atoms with E-state index in [1.807, 2.05) is 0 Å². The van der Waals surface area contributed by atoms with Crippen LogP contribution in [-0.2, 0) is 6.18 Å². The van der Waals surface area contributed by atoms with Crippen LogP contribution < -0.4 is 0 Å². The maximum Gasteiger partial charge on any atom is 0.416 e. The summed E-state index contributed by atoms with van der Waals surface area (Å²) in [7, 11) is 0. The van der Waals surface area contributed by atoms with Crippen LogP contribution in [0.1, 0.15) is 21.5 Å². The third-order valence-electron chi connectivity index (χ3n) is 3.02. The van der Waals surface area contributed by atoms with E-state index >= 15 is 0 Å². The Morgan fingerprint density at radius 2 is 1.78 bits per heavy atom. The van der Waals surface area contributed by atoms with Crippen LogP contribution in [-0.4, -0.2) is 10.7 Å². The molecule has 0 heterocycles. The highest BCUT2D eigenvalue weighted by atomic mass is 19.4. The van der Waals surface area contributed by atoms with Crippen LogP contribution in [0.3, 0.4) is 0 Å². The predicted octanol–water partition coefficient (Wildman–Crippen LogP) is 4.51. The number of allylic oxidation sites excluding steroid dienone is 1. The number of benzene rings is 2. The fourth-order valence-electron chi connectivity index (χ4n) is 1.93. The molecule has 7 heteroatoms. The molecule has 0 saturated heterocycles. The van der Waals surface area contributed by atoms with E-state index in [1.54, 1.807) is 0 Å². The second kappa shape index (κ2) is 6.43. The van der Waals surface area contributed by atoms with E-state index in [0.29, 0.717) is 0 Å². The number of hydrogen-bond donors (Lipinski definition) is 0. The van der Waals surface area contributed by atoms with Crippen molar-refractivity contribution >= 4 is 17.5 Å². The van der Waals surface area contributed by atoms with E-state index in [-0.39, 0.29) is 16.8 Å². The van der Waals surface area contributed by atoms with Crippen molar-refractivity contribution in [2.24, 2.45) is 0 Å². The minimum Gasteiger partial charge on any atom is -0.289 e. The molecule has 2 rings (SSSR count). The third-order valence-corrected chi connectivity index (χ3v) is 3.02. The van der Waals surface area contributed by atoms with Crippen LogP contribution in [0.15, 0.2) is 54.6 Å². The Kier molecular flexibility index (Phi) is 4.59. The van der Waals surface area contributed by atoms with Gasteiger partial charge in [-0.2, -0.15) is 13.2 Å². The Balaban J connectivity index is 2.29. The van der Waals surface area contributed by atoms with Crippen molar-refractivity contribution in [3.05, 3.63) is 81.4 Å². The minimum atomic E-state index is -4.53. The average molecular weight is 321 g/mol. The second-order valence-corrected chi connectivity index (χ2v) is 4.59. The number of ketones is 1. The number of carbonyl (C=O) groups is 1. The molecule has 118 valence electrons. The van der Waals surface area contributed by atoms with Gasteiger partial charge in [0.2, 0.25) is 0 Å². The highest BCUT2D eigenvalue weighted by Crippen LogP contribution is 2.32. The summed E-state index contributed by atoms with van der Waals surface area (Å²) in [5, 5.41) is 10.7. The number of nitro groups is 1. The lowest BCUT2D eigenvalue weighted by atomic mass is 10.0. The van der Waals surface area contributed by atoms with E-state index in [4.69, 9.17) is 0 Å². The normalized spacial score (nSPS) is 11.6. The zero-order chi connectivity index (χ0) is 17.0. The highest BCUT2D eigenvalue weighted by molar-refractivity contribution is 6.07. The topological polar surface area (TPSA) is 60.2 Å². The van der Waals surface area contributed by atoms with Gasteiger partial charge in [-0.05, 0) is 17.7 Å². The molecule has 4 nitrogen and oxygen atoms in total. The molecule has 0 aliphatic heterocycles. The Morgan fingerprint density at radius 1 is 1.09 bits per heavy atom. The molecule has 23 heavy (non-hydrogen) atoms. The van der Waals surface area contributed by atoms with Gasteiger partial charge >= 0.3 is 6.18 Å². The molecule has 0 bridgehead atoms. The summed E-state index contributed by atoms with van der Waals surface area (Å²) in [5.74, 6) is -0.620. The van der Waals surface area contributed by atoms with Crippen molar-refractivity contribution in [3.63, 3.8) is 0 Å². The summed E-state index contributed by atoms with van der Waals surface area (Å²) in [4.78, 5) is 22.0. The SMILES string of the molecule is O=C(/C=C/c1ccccc1C(F)(F)F)c1cccc([N+](=O)[O-])c1. The summed E-state index contributed by atoms with van der Waals surface area (Å²) in [5.41, 5.74) is -1.25. The van der Waals surface area contributed by atoms with Gasteiger partial charge in [0.1, 0.15) is 0 Å². The molecule has 0 spiro atoms. The highest BCUT2D eigenvalue weighted by Gasteiger charge is 2.32. The number of non-ortho nitro benzene ring substituents is 1. The summed E-state index contributed by atoms with van der Waals surface area (Å²) in [6, 6.07) is 9.81. The Hall–Kier alpha value is -2.96. The van der Waals surface area contributed by atoms with E-state index in [2.05, 4.69) is 0 Å². The zero-order valence-corrected chi connectivity index (χ0v) is 11.6. The molecule has 0 aromatic heterocycles. The van der Waals surface area contributed by atoms with E-state index in [9.17, 15) is 28.1 Å². The van der Waals surface area contributed by atoms with E-state index in [1.165, 1.54) is 36.4 Å². The third kappa shape index (κ3) is 4.03. The Labute approximate surface area is 129 Å². The zero-order valence-electron chi connectivity index (χ0n) is 11.6. The van der Waals surface area contributed by atoms with Crippen molar-refractivity contribution in [1.82, 2.24) is 0 Å². The quantitative estimate of drug-likeness (QED) is 0.360. The minimum absolute atomic E-state index is 0.0277. The fourth-order valence-corrected chi connectivity index (χ4v) is 1.93. The van der Waals surface area contributed by atoms with E-state index < -0.39 is 22.4 Å². The average Bonchev–Trinajstić information content (AvgIpc) is 2.52. The van der Waals surface area contributed by atoms with Gasteiger partial charge in [0.15, 0.2) is 5.78 Å². The summed E-state index contributed by atoms with van der Waals surface area (Å²) < 4.78 is 38.5. The van der Waals surface area contributed by atoms with Crippen LogP contribution in [0.5, 0.6) is 0 Å². The van der Waals surface area contributed by atoms with Gasteiger partial charge in [0, 0.05) is 17.7 Å². The number of nitrogens with zero attached hydrogens (tertiary/aromatic N) is 1. The largest absolute Gasteiger partial charge is 0.416 e. The van der Waals surface area contributed by atoms with Crippen molar-refractivity contribution in [1.29, 1.82) is 0 Å². The number of alkyl halides is 3. The van der Waals surface area contributed by atoms with Gasteiger partial charge in [0.05, 0.1) is 10.5 Å². The molecule has 0 N–H and O–H groups in total. The Morgan fingerprint density at radius 3 is 2.43 bits per heavy atom. The number of hydrogen-bond acceptors (Lipinski definition) is 3. The molecule has 0 radical (unpaired) electrons. The van der Waals surface area contributed by atoms with Crippen LogP contribution >= 0.6 is 0 Å². The molecule has 2 aromatic rings. The van der Waals surface area contributed by atoms with Crippen molar-refractivity contribution in [2.75, 3.05) is 0 Å². The lowest BCUT2D eigenvalue weighted by Crippen LogP contribution is -2.07. The Bertz CT molecular complexity index is 782. The van der Waals surface area contributed by atoms with Crippen molar-refractivity contribution < 1.29 is 22.9 Å². The summed E-state index contributed by atoms with van der Waals surface area (Å²) >= 11 is 0. The standard InChI is InChI=1S/C16H10F3NO3/c17-16(18,19)14-7-2-1-4-11(14)8-9-15(21)12-5-3-6-13(10-12)20(22)23/h1-10H/b9-8+. The number of rotatable bonds is 4. The molecular weight excluding hydrogens is 311 g/mol. The van der Waals surface area contributed by atoms with Crippen molar-refractivity contribution in [3.8, 4) is 0 Å². The van der Waals surface area contributed by atoms with Gasteiger partial charge in [-0.15, -0.1) is 0 Å². The fraction of sp³-hybridized carbons (Fsp3) is 0.0625. The number of carbonyl (C=O) groups excluding carboxylic acids is 1. The molecule has 0 fully saturated rings. The molecule has 2 aromatic carbocycles. The lowest BCUT2D eigenvalue weighted by Gasteiger charge is -2.09. The van der Waals surface area contributed by atoms with Gasteiger partial charge in [-0.3, -0.25) is 14.9 Å². The maximum absolute atomic E-state index is 12.8. The lowest BCUT2D eigenvalue weighted by molar-refractivity contribution is -0.384. The second-order valence-electron chi connectivity index (χ2n) is 4.59. The summed E-state index contributed by atoms with van der Waals surface area (Å²) in [6.07, 6.45) is -2.52. The number of nitro benzene ring substituents is 1. The van der Waals surface area contributed by atoms with E-state index in [0.717, 1.165) is 24.3 Å². The number of halogens is 3. The first-order valence-electron chi connectivity index (χ1n) is 6.42. The first kappa shape index (κ1) is 16.4. The molecule has 0 amide bonds. The first-order valence-corrected chi connectivity index (χ1v) is 6.42. The summed E-state index contributed by atoms with van der Waals surface area (Å²) in [6.45, 7) is 0. The molecular formula is C16H10F3NO3. The molecule has 0 saturated carbocycles. The molecule has 0 unspecified atom stereocenters. The van der Waals surface area contributed by atoms with Gasteiger partial charge < -0.3 is 0 Å². The smallest absolute Gasteiger partial charge is 0.289 e. The van der Waals surface area contributed by atoms with Gasteiger partial charge in [-0.25, -0.2) is 0 Å². The van der Waals surface area contributed by atoms with Gasteiger partial charge in [-0.1, -0.05) is 36.4 Å². The van der Waals surface area contributed by atoms with Crippen molar-refractivity contribution in [2.45, 2.75) is 6.18 Å². The van der Waals surface area contributed by atoms with Gasteiger partial charge in [0.25, 0.3) is 5.69 Å². The van der Waals surface area contributed by atoms with Crippen LogP contribution in [0, 0.1) is 10.1 Å². The van der Waals surface area contributed by atoms with Crippen LogP contribution in [0.4, 0.5) is 18.9 Å². The molecule has 0 atom stereocenters. The maximum atomic E-state index is 12.8. The predicted molar refractivity (Wildman–Crippen MR) is 77.9 cm³/mol. The van der Waals surface area contributed by atoms with Crippen LogP contribution in [0.2, 0.25) is 0 Å². The molecule has 0 aliphatic carbocycles.